The lowest BCUT2D eigenvalue weighted by atomic mass is 10.0. The Morgan fingerprint density at radius 2 is 1.95 bits per heavy atom. The van der Waals surface area contributed by atoms with E-state index in [-0.39, 0.29) is 11.9 Å². The van der Waals surface area contributed by atoms with Crippen LogP contribution in [0.2, 0.25) is 0 Å². The predicted octanol–water partition coefficient (Wildman–Crippen LogP) is 4.25. The number of hydrogen-bond donors (Lipinski definition) is 1. The summed E-state index contributed by atoms with van der Waals surface area (Å²) in [5.74, 6) is -0.212. The summed E-state index contributed by atoms with van der Waals surface area (Å²) < 4.78 is 13.4. The Hall–Kier alpha value is -1.09. The molecule has 0 amide bonds. The van der Waals surface area contributed by atoms with E-state index in [1.54, 1.807) is 6.07 Å². The van der Waals surface area contributed by atoms with Crippen molar-refractivity contribution in [2.75, 3.05) is 11.4 Å². The zero-order chi connectivity index (χ0) is 14.4. The number of halogens is 1. The van der Waals surface area contributed by atoms with Crippen molar-refractivity contribution >= 4 is 5.69 Å². The van der Waals surface area contributed by atoms with Gasteiger partial charge in [0.1, 0.15) is 5.82 Å². The molecule has 0 saturated heterocycles. The van der Waals surface area contributed by atoms with E-state index in [9.17, 15) is 4.39 Å². The monoisotopic (exact) mass is 266 g/mol. The molecule has 1 rings (SSSR count). The second kappa shape index (κ2) is 7.49. The van der Waals surface area contributed by atoms with Gasteiger partial charge in [-0.25, -0.2) is 4.39 Å². The first-order valence-corrected chi connectivity index (χ1v) is 7.32. The van der Waals surface area contributed by atoms with Gasteiger partial charge in [-0.2, -0.15) is 0 Å². The fraction of sp³-hybridized carbons (Fsp3) is 0.625. The van der Waals surface area contributed by atoms with Crippen LogP contribution in [-0.4, -0.2) is 12.6 Å². The average Bonchev–Trinajstić information content (AvgIpc) is 2.39. The Morgan fingerprint density at radius 3 is 2.47 bits per heavy atom. The van der Waals surface area contributed by atoms with Gasteiger partial charge in [-0.3, -0.25) is 0 Å². The second-order valence-electron chi connectivity index (χ2n) is 5.30. The normalized spacial score (nSPS) is 14.2. The van der Waals surface area contributed by atoms with E-state index < -0.39 is 0 Å². The molecule has 0 bridgehead atoms. The van der Waals surface area contributed by atoms with Crippen LogP contribution >= 0.6 is 0 Å². The largest absolute Gasteiger partial charge is 0.369 e. The zero-order valence-corrected chi connectivity index (χ0v) is 12.6. The topological polar surface area (TPSA) is 29.3 Å². The standard InChI is InChI=1S/C16H27FN2/c1-5-7-10-19(12(3)6-2)16-9-8-14(17)11-15(16)13(4)18/h8-9,11-13H,5-7,10,18H2,1-4H3/t12?,13-/m1/s1. The molecule has 0 heterocycles. The quantitative estimate of drug-likeness (QED) is 0.799. The minimum absolute atomic E-state index is 0.154. The molecule has 1 aromatic rings. The lowest BCUT2D eigenvalue weighted by Crippen LogP contribution is -2.34. The number of unbranched alkanes of at least 4 members (excludes halogenated alkanes) is 1. The first-order valence-electron chi connectivity index (χ1n) is 7.32. The van der Waals surface area contributed by atoms with Crippen LogP contribution in [0.4, 0.5) is 10.1 Å². The van der Waals surface area contributed by atoms with Crippen molar-refractivity contribution in [3.8, 4) is 0 Å². The summed E-state index contributed by atoms with van der Waals surface area (Å²) in [5, 5.41) is 0. The molecule has 0 spiro atoms. The minimum Gasteiger partial charge on any atom is -0.369 e. The Morgan fingerprint density at radius 1 is 1.26 bits per heavy atom. The third-order valence-corrected chi connectivity index (χ3v) is 3.67. The number of benzene rings is 1. The minimum atomic E-state index is -0.212. The maximum absolute atomic E-state index is 13.4. The van der Waals surface area contributed by atoms with Crippen LogP contribution in [0.1, 0.15) is 58.6 Å². The first kappa shape index (κ1) is 16.0. The summed E-state index contributed by atoms with van der Waals surface area (Å²) in [6.07, 6.45) is 3.36. The molecule has 2 N–H and O–H groups in total. The highest BCUT2D eigenvalue weighted by molar-refractivity contribution is 5.55. The Labute approximate surface area is 116 Å². The summed E-state index contributed by atoms with van der Waals surface area (Å²) in [6.45, 7) is 9.48. The fourth-order valence-electron chi connectivity index (χ4n) is 2.28. The van der Waals surface area contributed by atoms with Gasteiger partial charge in [-0.15, -0.1) is 0 Å². The molecule has 3 heteroatoms. The average molecular weight is 266 g/mol. The molecular formula is C16H27FN2. The SMILES string of the molecule is CCCCN(c1ccc(F)cc1[C@@H](C)N)C(C)CC. The Bertz CT molecular complexity index is 390. The summed E-state index contributed by atoms with van der Waals surface area (Å²) in [7, 11) is 0. The van der Waals surface area contributed by atoms with Crippen molar-refractivity contribution in [2.24, 2.45) is 5.73 Å². The molecule has 0 aliphatic heterocycles. The van der Waals surface area contributed by atoms with Crippen LogP contribution in [0.3, 0.4) is 0 Å². The number of hydrogen-bond acceptors (Lipinski definition) is 2. The van der Waals surface area contributed by atoms with Crippen molar-refractivity contribution in [3.63, 3.8) is 0 Å². The van der Waals surface area contributed by atoms with Crippen molar-refractivity contribution in [2.45, 2.75) is 59.0 Å². The van der Waals surface area contributed by atoms with Gasteiger partial charge in [0.05, 0.1) is 0 Å². The lowest BCUT2D eigenvalue weighted by Gasteiger charge is -2.33. The van der Waals surface area contributed by atoms with E-state index in [0.29, 0.717) is 6.04 Å². The van der Waals surface area contributed by atoms with Gasteiger partial charge in [0.25, 0.3) is 0 Å². The molecule has 0 aliphatic rings. The number of rotatable bonds is 7. The summed E-state index contributed by atoms with van der Waals surface area (Å²) >= 11 is 0. The molecular weight excluding hydrogens is 239 g/mol. The first-order chi connectivity index (χ1) is 9.01. The van der Waals surface area contributed by atoms with Crippen LogP contribution in [0.15, 0.2) is 18.2 Å². The number of nitrogens with zero attached hydrogens (tertiary/aromatic N) is 1. The maximum Gasteiger partial charge on any atom is 0.123 e. The number of nitrogens with two attached hydrogens (primary N) is 1. The van der Waals surface area contributed by atoms with Crippen LogP contribution in [-0.2, 0) is 0 Å². The molecule has 108 valence electrons. The van der Waals surface area contributed by atoms with Gasteiger partial charge >= 0.3 is 0 Å². The van der Waals surface area contributed by atoms with Crippen molar-refractivity contribution in [1.82, 2.24) is 0 Å². The molecule has 1 aromatic carbocycles. The van der Waals surface area contributed by atoms with Gasteiger partial charge < -0.3 is 10.6 Å². The fourth-order valence-corrected chi connectivity index (χ4v) is 2.28. The van der Waals surface area contributed by atoms with Crippen molar-refractivity contribution in [3.05, 3.63) is 29.6 Å². The van der Waals surface area contributed by atoms with E-state index in [2.05, 4.69) is 25.7 Å². The third kappa shape index (κ3) is 4.20. The van der Waals surface area contributed by atoms with Crippen LogP contribution < -0.4 is 10.6 Å². The maximum atomic E-state index is 13.4. The third-order valence-electron chi connectivity index (χ3n) is 3.67. The van der Waals surface area contributed by atoms with E-state index in [0.717, 1.165) is 37.1 Å². The van der Waals surface area contributed by atoms with Gasteiger partial charge in [-0.1, -0.05) is 20.3 Å². The molecule has 0 fully saturated rings. The van der Waals surface area contributed by atoms with Gasteiger partial charge in [-0.05, 0) is 50.5 Å². The van der Waals surface area contributed by atoms with Gasteiger partial charge in [0.2, 0.25) is 0 Å². The van der Waals surface area contributed by atoms with Crippen LogP contribution in [0.25, 0.3) is 0 Å². The molecule has 19 heavy (non-hydrogen) atoms. The van der Waals surface area contributed by atoms with E-state index in [1.165, 1.54) is 6.07 Å². The summed E-state index contributed by atoms with van der Waals surface area (Å²) in [4.78, 5) is 2.36. The van der Waals surface area contributed by atoms with Gasteiger partial charge in [0.15, 0.2) is 0 Å². The molecule has 0 saturated carbocycles. The summed E-state index contributed by atoms with van der Waals surface area (Å²) in [6, 6.07) is 5.26. The molecule has 2 atom stereocenters. The highest BCUT2D eigenvalue weighted by Crippen LogP contribution is 2.28. The highest BCUT2D eigenvalue weighted by Gasteiger charge is 2.18. The van der Waals surface area contributed by atoms with E-state index in [4.69, 9.17) is 5.73 Å². The highest BCUT2D eigenvalue weighted by atomic mass is 19.1. The predicted molar refractivity (Wildman–Crippen MR) is 81.0 cm³/mol. The van der Waals surface area contributed by atoms with E-state index in [1.807, 2.05) is 13.0 Å². The van der Waals surface area contributed by atoms with Crippen molar-refractivity contribution < 1.29 is 4.39 Å². The lowest BCUT2D eigenvalue weighted by molar-refractivity contribution is 0.586. The Balaban J connectivity index is 3.13. The Kier molecular flexibility index (Phi) is 6.29. The zero-order valence-electron chi connectivity index (χ0n) is 12.6. The molecule has 0 radical (unpaired) electrons. The molecule has 1 unspecified atom stereocenters. The molecule has 2 nitrogen and oxygen atoms in total. The van der Waals surface area contributed by atoms with Crippen LogP contribution in [0.5, 0.6) is 0 Å². The second-order valence-corrected chi connectivity index (χ2v) is 5.30. The molecule has 0 aromatic heterocycles. The smallest absolute Gasteiger partial charge is 0.123 e. The van der Waals surface area contributed by atoms with Crippen LogP contribution in [0, 0.1) is 5.82 Å². The van der Waals surface area contributed by atoms with Crippen molar-refractivity contribution in [1.29, 1.82) is 0 Å². The van der Waals surface area contributed by atoms with E-state index >= 15 is 0 Å². The molecule has 0 aliphatic carbocycles. The number of anilines is 1. The van der Waals surface area contributed by atoms with Gasteiger partial charge in [0, 0.05) is 24.3 Å². The summed E-state index contributed by atoms with van der Waals surface area (Å²) in [5.41, 5.74) is 7.98.